The van der Waals surface area contributed by atoms with E-state index in [0.717, 1.165) is 32.7 Å². The molecule has 2 heteroatoms. The zero-order chi connectivity index (χ0) is 13.3. The van der Waals surface area contributed by atoms with Crippen molar-refractivity contribution in [1.29, 1.82) is 0 Å². The predicted molar refractivity (Wildman–Crippen MR) is 63.3 cm³/mol. The Bertz CT molecular complexity index is 245. The summed E-state index contributed by atoms with van der Waals surface area (Å²) in [5.41, 5.74) is 0.114. The van der Waals surface area contributed by atoms with Crippen LogP contribution in [0.1, 0.15) is 25.1 Å². The number of rotatable bonds is 1. The maximum absolute atomic E-state index is 7.26. The van der Waals surface area contributed by atoms with Gasteiger partial charge in [0, 0.05) is 35.9 Å². The van der Waals surface area contributed by atoms with E-state index in [1.807, 2.05) is 0 Å². The smallest absolute Gasteiger partial charge is 0.0602 e. The van der Waals surface area contributed by atoms with Crippen molar-refractivity contribution < 1.29 is 4.34 Å². The Kier molecular flexibility index (Phi) is 3.01. The molecule has 0 radical (unpaired) electrons. The molecule has 1 saturated heterocycles. The van der Waals surface area contributed by atoms with Gasteiger partial charge in [-0.2, -0.15) is 0 Å². The number of nitrogens with zero attached hydrogens (tertiary/aromatic N) is 2. The second-order valence-corrected chi connectivity index (χ2v) is 4.95. The van der Waals surface area contributed by atoms with Crippen molar-refractivity contribution in [1.82, 2.24) is 9.80 Å². The lowest BCUT2D eigenvalue weighted by atomic mass is 9.98. The van der Waals surface area contributed by atoms with E-state index >= 15 is 0 Å². The van der Waals surface area contributed by atoms with Gasteiger partial charge in [-0.15, -0.1) is 0 Å². The van der Waals surface area contributed by atoms with Crippen LogP contribution >= 0.6 is 0 Å². The molecule has 82 valence electrons. The Morgan fingerprint density at radius 1 is 1.36 bits per heavy atom. The second-order valence-electron chi connectivity index (χ2n) is 4.95. The lowest BCUT2D eigenvalue weighted by Gasteiger charge is -2.30. The molecule has 0 amide bonds. The Morgan fingerprint density at radius 3 is 2.50 bits per heavy atom. The number of piperazine rings is 1. The molecule has 0 unspecified atom stereocenters. The average molecular weight is 202 g/mol. The molecule has 0 N–H and O–H groups in total. The molecule has 2 nitrogen and oxygen atoms in total. The third kappa shape index (κ3) is 4.64. The van der Waals surface area contributed by atoms with Crippen LogP contribution in [-0.4, -0.2) is 49.5 Å². The van der Waals surface area contributed by atoms with Crippen molar-refractivity contribution in [3.63, 3.8) is 0 Å². The molecule has 1 aliphatic rings. The molecule has 0 aromatic rings. The Hall–Kier alpha value is -0.520. The largest absolute Gasteiger partial charge is 0.304 e. The maximum Gasteiger partial charge on any atom is 0.0602 e. The van der Waals surface area contributed by atoms with Gasteiger partial charge in [-0.3, -0.25) is 4.90 Å². The topological polar surface area (TPSA) is 6.48 Å². The summed E-state index contributed by atoms with van der Waals surface area (Å²) >= 11 is 0. The van der Waals surface area contributed by atoms with Crippen molar-refractivity contribution in [3.8, 4) is 11.8 Å². The van der Waals surface area contributed by atoms with Crippen molar-refractivity contribution in [2.45, 2.75) is 20.8 Å². The van der Waals surface area contributed by atoms with E-state index in [-0.39, 0.29) is 5.41 Å². The highest BCUT2D eigenvalue weighted by molar-refractivity contribution is 5.08. The lowest BCUT2D eigenvalue weighted by Crippen LogP contribution is -2.44. The molecule has 0 aromatic carbocycles. The summed E-state index contributed by atoms with van der Waals surface area (Å²) < 4.78 is 17.3. The van der Waals surface area contributed by atoms with Gasteiger partial charge >= 0.3 is 0 Å². The Labute approximate surface area is 92.8 Å². The minimum absolute atomic E-state index is 0.114. The zero-order valence-corrected chi connectivity index (χ0v) is 9.64. The molecule has 0 saturated carbocycles. The Morgan fingerprint density at radius 2 is 2.00 bits per heavy atom. The van der Waals surface area contributed by atoms with Crippen LogP contribution in [0.3, 0.4) is 0 Å². The normalized spacial score (nSPS) is 21.8. The van der Waals surface area contributed by atoms with E-state index in [9.17, 15) is 0 Å². The van der Waals surface area contributed by atoms with Crippen LogP contribution in [0.25, 0.3) is 0 Å². The molecule has 14 heavy (non-hydrogen) atoms. The minimum atomic E-state index is 0.114. The lowest BCUT2D eigenvalue weighted by molar-refractivity contribution is 0.168. The Balaban J connectivity index is 0.00000121. The van der Waals surface area contributed by atoms with Gasteiger partial charge in [0.15, 0.2) is 0 Å². The first-order chi connectivity index (χ1) is 8.01. The first kappa shape index (κ1) is 8.76. The highest BCUT2D eigenvalue weighted by atomic mass is 15.2. The van der Waals surface area contributed by atoms with Crippen LogP contribution in [0, 0.1) is 17.3 Å². The molecule has 0 atom stereocenters. The summed E-state index contributed by atoms with van der Waals surface area (Å²) in [6.07, 6.45) is 0. The van der Waals surface area contributed by atoms with Gasteiger partial charge < -0.3 is 4.90 Å². The summed E-state index contributed by atoms with van der Waals surface area (Å²) in [5, 5.41) is 0. The SMILES string of the molecule is [3H]CN1CCN(CC#CC(C)(C)C)CC1.[3H][3H]. The zero-order valence-electron chi connectivity index (χ0n) is 12.6. The van der Waals surface area contributed by atoms with Gasteiger partial charge in [-0.25, -0.2) is 0 Å². The van der Waals surface area contributed by atoms with Gasteiger partial charge in [0.05, 0.1) is 6.54 Å². The highest BCUT2D eigenvalue weighted by Gasteiger charge is 2.12. The summed E-state index contributed by atoms with van der Waals surface area (Å²) in [6.45, 7) is 11.4. The first-order valence-corrected chi connectivity index (χ1v) is 5.25. The molecule has 1 heterocycles. The van der Waals surface area contributed by atoms with E-state index < -0.39 is 0 Å². The molecule has 1 fully saturated rings. The van der Waals surface area contributed by atoms with Crippen LogP contribution in [0.4, 0.5) is 0 Å². The summed E-state index contributed by atoms with van der Waals surface area (Å²) in [5.74, 6) is 6.49. The number of likely N-dealkylation sites (N-methyl/N-ethyl adjacent to an activating group) is 1. The number of hydrogen-bond donors (Lipinski definition) is 0. The molecule has 1 rings (SSSR count). The first-order valence-electron chi connectivity index (χ1n) is 6.96. The fraction of sp³-hybridized carbons (Fsp3) is 0.833. The molecule has 0 spiro atoms. The maximum atomic E-state index is 7.26. The summed E-state index contributed by atoms with van der Waals surface area (Å²) in [4.78, 5) is 4.53. The van der Waals surface area contributed by atoms with Crippen molar-refractivity contribution in [2.24, 2.45) is 5.41 Å². The number of hydrogen-bond acceptors (Lipinski definition) is 2. The highest BCUT2D eigenvalue weighted by Crippen LogP contribution is 2.09. The monoisotopic (exact) mass is 202 g/mol. The summed E-state index contributed by atoms with van der Waals surface area (Å²) in [6, 6.07) is 0. The minimum Gasteiger partial charge on any atom is -0.304 e. The molecular formula is C12H24N2. The summed E-state index contributed by atoms with van der Waals surface area (Å²) in [7, 11) is 0.432. The van der Waals surface area contributed by atoms with Crippen molar-refractivity contribution in [2.75, 3.05) is 39.7 Å². The van der Waals surface area contributed by atoms with Crippen LogP contribution in [-0.2, 0) is 0 Å². The predicted octanol–water partition coefficient (Wildman–Crippen LogP) is 1.53. The van der Waals surface area contributed by atoms with Crippen LogP contribution < -0.4 is 0 Å². The van der Waals surface area contributed by atoms with E-state index in [4.69, 9.17) is 4.34 Å². The molecule has 0 aromatic heterocycles. The molecule has 0 aliphatic carbocycles. The van der Waals surface area contributed by atoms with E-state index in [0.29, 0.717) is 7.02 Å². The molecule has 1 aliphatic heterocycles. The van der Waals surface area contributed by atoms with Crippen molar-refractivity contribution in [3.05, 3.63) is 0 Å². The van der Waals surface area contributed by atoms with Gasteiger partial charge in [0.1, 0.15) is 0 Å². The second kappa shape index (κ2) is 4.82. The fourth-order valence-corrected chi connectivity index (χ4v) is 1.36. The van der Waals surface area contributed by atoms with Crippen LogP contribution in [0.5, 0.6) is 0 Å². The van der Waals surface area contributed by atoms with Crippen LogP contribution in [0.2, 0.25) is 0 Å². The van der Waals surface area contributed by atoms with Gasteiger partial charge in [-0.05, 0) is 27.8 Å². The third-order valence-corrected chi connectivity index (χ3v) is 2.23. The molecule has 0 bridgehead atoms. The standard InChI is InChI=1S/C12H22N2.H2/c1-12(2,3)6-5-7-14-10-8-13(4)9-11-14;/h7-11H2,1-4H3;1H/i4T;1+2T. The van der Waals surface area contributed by atoms with Crippen molar-refractivity contribution >= 4 is 0 Å². The van der Waals surface area contributed by atoms with Gasteiger partial charge in [0.25, 0.3) is 0 Å². The van der Waals surface area contributed by atoms with Gasteiger partial charge in [0.2, 0.25) is 0 Å². The van der Waals surface area contributed by atoms with Gasteiger partial charge in [-0.1, -0.05) is 11.8 Å². The van der Waals surface area contributed by atoms with Crippen LogP contribution in [0.15, 0.2) is 0 Å². The van der Waals surface area contributed by atoms with E-state index in [1.165, 1.54) is 0 Å². The molecular weight excluding hydrogens is 172 g/mol. The fourth-order valence-electron chi connectivity index (χ4n) is 1.36. The average Bonchev–Trinajstić information content (AvgIpc) is 2.31. The quantitative estimate of drug-likeness (QED) is 0.595. The van der Waals surface area contributed by atoms with E-state index in [2.05, 4.69) is 42.4 Å². The van der Waals surface area contributed by atoms with E-state index in [1.54, 1.807) is 0 Å². The third-order valence-electron chi connectivity index (χ3n) is 2.23.